The third kappa shape index (κ3) is 3.03. The molecule has 1 aliphatic heterocycles. The van der Waals surface area contributed by atoms with Gasteiger partial charge in [0.25, 0.3) is 0 Å². The third-order valence-electron chi connectivity index (χ3n) is 2.77. The number of nitrogens with zero attached hydrogens (tertiary/aromatic N) is 3. The summed E-state index contributed by atoms with van der Waals surface area (Å²) in [4.78, 5) is 11.2. The number of rotatable bonds is 2. The first-order chi connectivity index (χ1) is 8.16. The number of hydrogen-bond acceptors (Lipinski definition) is 4. The summed E-state index contributed by atoms with van der Waals surface area (Å²) in [5.74, 6) is 1.73. The fourth-order valence-corrected chi connectivity index (χ4v) is 1.88. The maximum absolute atomic E-state index is 5.45. The highest BCUT2D eigenvalue weighted by atomic mass is 16.5. The molecule has 0 aromatic carbocycles. The Morgan fingerprint density at radius 3 is 2.94 bits per heavy atom. The van der Waals surface area contributed by atoms with Crippen molar-refractivity contribution < 1.29 is 4.74 Å². The molecule has 0 N–H and O–H groups in total. The first-order valence-corrected chi connectivity index (χ1v) is 6.01. The summed E-state index contributed by atoms with van der Waals surface area (Å²) in [5.41, 5.74) is 1.89. The summed E-state index contributed by atoms with van der Waals surface area (Å²) in [7, 11) is 0. The second-order valence-electron chi connectivity index (χ2n) is 4.42. The van der Waals surface area contributed by atoms with Gasteiger partial charge in [-0.15, -0.1) is 0 Å². The molecule has 0 aliphatic carbocycles. The van der Waals surface area contributed by atoms with Gasteiger partial charge >= 0.3 is 0 Å². The molecule has 1 aromatic heterocycles. The molecule has 1 saturated heterocycles. The molecule has 92 valence electrons. The van der Waals surface area contributed by atoms with Gasteiger partial charge in [-0.05, 0) is 25.8 Å². The van der Waals surface area contributed by atoms with Gasteiger partial charge in [0.15, 0.2) is 5.82 Å². The zero-order chi connectivity index (χ0) is 12.3. The normalized spacial score (nSPS) is 16.7. The van der Waals surface area contributed by atoms with E-state index in [4.69, 9.17) is 4.74 Å². The second-order valence-corrected chi connectivity index (χ2v) is 4.42. The monoisotopic (exact) mass is 233 g/mol. The van der Waals surface area contributed by atoms with Gasteiger partial charge in [-0.1, -0.05) is 6.58 Å². The number of hydrogen-bond donors (Lipinski definition) is 0. The summed E-state index contributed by atoms with van der Waals surface area (Å²) in [6.45, 7) is 11.3. The average Bonchev–Trinajstić information content (AvgIpc) is 2.56. The van der Waals surface area contributed by atoms with Crippen LogP contribution in [-0.4, -0.2) is 36.3 Å². The van der Waals surface area contributed by atoms with Gasteiger partial charge in [0.05, 0.1) is 6.61 Å². The largest absolute Gasteiger partial charge is 0.380 e. The van der Waals surface area contributed by atoms with Crippen LogP contribution in [0.5, 0.6) is 0 Å². The van der Waals surface area contributed by atoms with Crippen LogP contribution in [0.4, 0.5) is 5.82 Å². The SMILES string of the molecule is C=C(C)c1nc(C)cc(N2CCCOCC2)n1. The first kappa shape index (κ1) is 12.0. The van der Waals surface area contributed by atoms with E-state index in [0.29, 0.717) is 0 Å². The summed E-state index contributed by atoms with van der Waals surface area (Å²) < 4.78 is 5.45. The Bertz CT molecular complexity index is 409. The fourth-order valence-electron chi connectivity index (χ4n) is 1.88. The van der Waals surface area contributed by atoms with Crippen molar-refractivity contribution in [3.8, 4) is 0 Å². The lowest BCUT2D eigenvalue weighted by atomic mass is 10.3. The summed E-state index contributed by atoms with van der Waals surface area (Å²) in [6, 6.07) is 2.03. The van der Waals surface area contributed by atoms with Crippen molar-refractivity contribution in [2.24, 2.45) is 0 Å². The molecule has 4 heteroatoms. The summed E-state index contributed by atoms with van der Waals surface area (Å²) in [6.07, 6.45) is 1.05. The Balaban J connectivity index is 2.27. The topological polar surface area (TPSA) is 38.2 Å². The van der Waals surface area contributed by atoms with Crippen LogP contribution >= 0.6 is 0 Å². The van der Waals surface area contributed by atoms with Gasteiger partial charge in [0.1, 0.15) is 5.82 Å². The summed E-state index contributed by atoms with van der Waals surface area (Å²) in [5, 5.41) is 0. The van der Waals surface area contributed by atoms with Gasteiger partial charge < -0.3 is 9.64 Å². The van der Waals surface area contributed by atoms with E-state index < -0.39 is 0 Å². The van der Waals surface area contributed by atoms with Crippen molar-refractivity contribution >= 4 is 11.4 Å². The smallest absolute Gasteiger partial charge is 0.156 e. The predicted octanol–water partition coefficient (Wildman–Crippen LogP) is 2.04. The van der Waals surface area contributed by atoms with E-state index in [2.05, 4.69) is 21.4 Å². The quantitative estimate of drug-likeness (QED) is 0.783. The van der Waals surface area contributed by atoms with E-state index >= 15 is 0 Å². The predicted molar refractivity (Wildman–Crippen MR) is 69.1 cm³/mol. The Kier molecular flexibility index (Phi) is 3.74. The van der Waals surface area contributed by atoms with Gasteiger partial charge in [-0.25, -0.2) is 9.97 Å². The van der Waals surface area contributed by atoms with E-state index in [-0.39, 0.29) is 0 Å². The van der Waals surface area contributed by atoms with Crippen molar-refractivity contribution in [1.29, 1.82) is 0 Å². The molecule has 0 bridgehead atoms. The highest BCUT2D eigenvalue weighted by Crippen LogP contribution is 2.17. The molecular formula is C13H19N3O. The van der Waals surface area contributed by atoms with E-state index in [9.17, 15) is 0 Å². The molecule has 0 saturated carbocycles. The highest BCUT2D eigenvalue weighted by Gasteiger charge is 2.13. The third-order valence-corrected chi connectivity index (χ3v) is 2.77. The number of ether oxygens (including phenoxy) is 1. The minimum atomic E-state index is 0.741. The molecule has 0 unspecified atom stereocenters. The molecule has 1 fully saturated rings. The maximum Gasteiger partial charge on any atom is 0.156 e. The minimum Gasteiger partial charge on any atom is -0.380 e. The Labute approximate surface area is 102 Å². The van der Waals surface area contributed by atoms with Crippen molar-refractivity contribution in [3.63, 3.8) is 0 Å². The Morgan fingerprint density at radius 2 is 2.18 bits per heavy atom. The van der Waals surface area contributed by atoms with Gasteiger partial charge in [0, 0.05) is 31.5 Å². The number of anilines is 1. The lowest BCUT2D eigenvalue weighted by Crippen LogP contribution is -2.27. The van der Waals surface area contributed by atoms with Crippen molar-refractivity contribution in [1.82, 2.24) is 9.97 Å². The van der Waals surface area contributed by atoms with Crippen LogP contribution in [-0.2, 0) is 4.74 Å². The molecule has 0 amide bonds. The van der Waals surface area contributed by atoms with Crippen LogP contribution in [0.2, 0.25) is 0 Å². The van der Waals surface area contributed by atoms with E-state index in [0.717, 1.165) is 55.6 Å². The second kappa shape index (κ2) is 5.27. The van der Waals surface area contributed by atoms with Crippen LogP contribution in [0, 0.1) is 6.92 Å². The molecule has 1 aliphatic rings. The first-order valence-electron chi connectivity index (χ1n) is 6.01. The van der Waals surface area contributed by atoms with Crippen molar-refractivity contribution in [2.75, 3.05) is 31.2 Å². The molecule has 2 rings (SSSR count). The highest BCUT2D eigenvalue weighted by molar-refractivity contribution is 5.56. The Morgan fingerprint density at radius 1 is 1.35 bits per heavy atom. The van der Waals surface area contributed by atoms with Crippen LogP contribution in [0.15, 0.2) is 12.6 Å². The van der Waals surface area contributed by atoms with Crippen LogP contribution < -0.4 is 4.90 Å². The molecular weight excluding hydrogens is 214 g/mol. The zero-order valence-electron chi connectivity index (χ0n) is 10.6. The molecule has 17 heavy (non-hydrogen) atoms. The molecule has 1 aromatic rings. The standard InChI is InChI=1S/C13H19N3O/c1-10(2)13-14-11(3)9-12(15-13)16-5-4-7-17-8-6-16/h9H,1,4-8H2,2-3H3. The van der Waals surface area contributed by atoms with Gasteiger partial charge in [-0.2, -0.15) is 0 Å². The van der Waals surface area contributed by atoms with Crippen molar-refractivity contribution in [3.05, 3.63) is 24.2 Å². The number of allylic oxidation sites excluding steroid dienone is 1. The van der Waals surface area contributed by atoms with E-state index in [1.165, 1.54) is 0 Å². The molecule has 0 spiro atoms. The molecule has 4 nitrogen and oxygen atoms in total. The van der Waals surface area contributed by atoms with Crippen LogP contribution in [0.25, 0.3) is 5.57 Å². The Hall–Kier alpha value is -1.42. The van der Waals surface area contributed by atoms with E-state index in [1.807, 2.05) is 19.9 Å². The lowest BCUT2D eigenvalue weighted by Gasteiger charge is -2.21. The summed E-state index contributed by atoms with van der Waals surface area (Å²) >= 11 is 0. The average molecular weight is 233 g/mol. The lowest BCUT2D eigenvalue weighted by molar-refractivity contribution is 0.152. The van der Waals surface area contributed by atoms with Gasteiger partial charge in [-0.3, -0.25) is 0 Å². The van der Waals surface area contributed by atoms with Crippen LogP contribution in [0.3, 0.4) is 0 Å². The molecule has 0 radical (unpaired) electrons. The number of aromatic nitrogens is 2. The van der Waals surface area contributed by atoms with Gasteiger partial charge in [0.2, 0.25) is 0 Å². The zero-order valence-corrected chi connectivity index (χ0v) is 10.6. The fraction of sp³-hybridized carbons (Fsp3) is 0.538. The van der Waals surface area contributed by atoms with Crippen molar-refractivity contribution in [2.45, 2.75) is 20.3 Å². The minimum absolute atomic E-state index is 0.741. The molecule has 0 atom stereocenters. The van der Waals surface area contributed by atoms with Crippen LogP contribution in [0.1, 0.15) is 24.9 Å². The number of aryl methyl sites for hydroxylation is 1. The maximum atomic E-state index is 5.45. The molecule has 2 heterocycles. The van der Waals surface area contributed by atoms with E-state index in [1.54, 1.807) is 0 Å².